The number of hydrogen-bond acceptors (Lipinski definition) is 2. The van der Waals surface area contributed by atoms with Crippen molar-refractivity contribution in [2.24, 2.45) is 0 Å². The van der Waals surface area contributed by atoms with Gasteiger partial charge in [0.1, 0.15) is 5.82 Å². The Labute approximate surface area is 64.7 Å². The van der Waals surface area contributed by atoms with Crippen LogP contribution in [0.2, 0.25) is 0 Å². The van der Waals surface area contributed by atoms with Crippen LogP contribution in [-0.2, 0) is 0 Å². The van der Waals surface area contributed by atoms with Gasteiger partial charge in [0.15, 0.2) is 0 Å². The Morgan fingerprint density at radius 1 is 1.27 bits per heavy atom. The first-order chi connectivity index (χ1) is 5.27. The topological polar surface area (TPSA) is 30.2 Å². The maximum absolute atomic E-state index is 4.19. The van der Waals surface area contributed by atoms with E-state index < -0.39 is 0 Å². The predicted molar refractivity (Wildman–Crippen MR) is 42.5 cm³/mol. The molecule has 0 unspecified atom stereocenters. The zero-order chi connectivity index (χ0) is 7.84. The first-order valence-corrected chi connectivity index (χ1v) is 3.54. The smallest absolute Gasteiger partial charge is 0.127 e. The molecular weight excluding hydrogens is 138 g/mol. The molecule has 3 nitrogen and oxygen atoms in total. The summed E-state index contributed by atoms with van der Waals surface area (Å²) in [6.45, 7) is 3.96. The summed E-state index contributed by atoms with van der Waals surface area (Å²) in [4.78, 5) is 4.14. The van der Waals surface area contributed by atoms with E-state index in [0.29, 0.717) is 0 Å². The van der Waals surface area contributed by atoms with Gasteiger partial charge in [-0.05, 0) is 25.5 Å². The Morgan fingerprint density at radius 2 is 2.09 bits per heavy atom. The van der Waals surface area contributed by atoms with E-state index >= 15 is 0 Å². The number of hydrogen-bond donors (Lipinski definition) is 0. The second kappa shape index (κ2) is 2.05. The standard InChI is InChI=1S/C8H9N3/c1-6-3-8-5-9-7(2)11(8)10-4-6/h3-5H,1-2H3. The first kappa shape index (κ1) is 6.34. The average molecular weight is 147 g/mol. The van der Waals surface area contributed by atoms with Gasteiger partial charge in [-0.15, -0.1) is 0 Å². The van der Waals surface area contributed by atoms with E-state index in [1.807, 2.05) is 30.8 Å². The Balaban J connectivity index is 2.86. The van der Waals surface area contributed by atoms with E-state index in [4.69, 9.17) is 0 Å². The molecule has 2 aromatic heterocycles. The van der Waals surface area contributed by atoms with Crippen LogP contribution in [0.3, 0.4) is 0 Å². The molecule has 0 saturated heterocycles. The zero-order valence-electron chi connectivity index (χ0n) is 6.57. The summed E-state index contributed by atoms with van der Waals surface area (Å²) in [5.74, 6) is 0.931. The van der Waals surface area contributed by atoms with Gasteiger partial charge in [-0.3, -0.25) is 0 Å². The molecular formula is C8H9N3. The summed E-state index contributed by atoms with van der Waals surface area (Å²) >= 11 is 0. The van der Waals surface area contributed by atoms with E-state index in [-0.39, 0.29) is 0 Å². The van der Waals surface area contributed by atoms with Crippen molar-refractivity contribution in [3.63, 3.8) is 0 Å². The highest BCUT2D eigenvalue weighted by atomic mass is 15.2. The molecule has 2 heterocycles. The van der Waals surface area contributed by atoms with E-state index in [1.54, 1.807) is 0 Å². The van der Waals surface area contributed by atoms with Crippen molar-refractivity contribution in [3.05, 3.63) is 29.8 Å². The van der Waals surface area contributed by atoms with Crippen LogP contribution in [0.5, 0.6) is 0 Å². The normalized spacial score (nSPS) is 10.7. The van der Waals surface area contributed by atoms with Gasteiger partial charge in [-0.1, -0.05) is 0 Å². The molecule has 11 heavy (non-hydrogen) atoms. The Bertz CT molecular complexity index is 389. The molecule has 2 rings (SSSR count). The Hall–Kier alpha value is -1.38. The van der Waals surface area contributed by atoms with Crippen LogP contribution in [0, 0.1) is 13.8 Å². The van der Waals surface area contributed by atoms with Crippen molar-refractivity contribution in [3.8, 4) is 0 Å². The van der Waals surface area contributed by atoms with Gasteiger partial charge in [-0.2, -0.15) is 5.10 Å². The van der Waals surface area contributed by atoms with Gasteiger partial charge in [0.2, 0.25) is 0 Å². The minimum Gasteiger partial charge on any atom is -0.239 e. The van der Waals surface area contributed by atoms with Gasteiger partial charge in [0.05, 0.1) is 17.9 Å². The highest BCUT2D eigenvalue weighted by Gasteiger charge is 1.97. The maximum Gasteiger partial charge on any atom is 0.127 e. The number of fused-ring (bicyclic) bond motifs is 1. The number of aryl methyl sites for hydroxylation is 2. The fourth-order valence-corrected chi connectivity index (χ4v) is 1.12. The number of imidazole rings is 1. The van der Waals surface area contributed by atoms with Crippen molar-refractivity contribution in [1.29, 1.82) is 0 Å². The van der Waals surface area contributed by atoms with Gasteiger partial charge < -0.3 is 0 Å². The molecule has 0 bridgehead atoms. The van der Waals surface area contributed by atoms with Crippen LogP contribution in [0.1, 0.15) is 11.4 Å². The summed E-state index contributed by atoms with van der Waals surface area (Å²) in [6.07, 6.45) is 3.66. The lowest BCUT2D eigenvalue weighted by molar-refractivity contribution is 0.871. The van der Waals surface area contributed by atoms with E-state index in [1.165, 1.54) is 0 Å². The lowest BCUT2D eigenvalue weighted by Gasteiger charge is -1.94. The fraction of sp³-hybridized carbons (Fsp3) is 0.250. The summed E-state index contributed by atoms with van der Waals surface area (Å²) in [5.41, 5.74) is 2.22. The molecule has 56 valence electrons. The fourth-order valence-electron chi connectivity index (χ4n) is 1.12. The predicted octanol–water partition coefficient (Wildman–Crippen LogP) is 1.35. The van der Waals surface area contributed by atoms with Crippen molar-refractivity contribution in [1.82, 2.24) is 14.6 Å². The molecule has 0 N–H and O–H groups in total. The molecule has 0 fully saturated rings. The molecule has 0 radical (unpaired) electrons. The third-order valence-electron chi connectivity index (χ3n) is 1.69. The summed E-state index contributed by atoms with van der Waals surface area (Å²) in [7, 11) is 0. The van der Waals surface area contributed by atoms with E-state index in [2.05, 4.69) is 16.1 Å². The Morgan fingerprint density at radius 3 is 2.91 bits per heavy atom. The molecule has 0 saturated carbocycles. The quantitative estimate of drug-likeness (QED) is 0.563. The second-order valence-electron chi connectivity index (χ2n) is 2.68. The van der Waals surface area contributed by atoms with Crippen molar-refractivity contribution < 1.29 is 0 Å². The minimum atomic E-state index is 0.931. The summed E-state index contributed by atoms with van der Waals surface area (Å²) in [5, 5.41) is 4.19. The van der Waals surface area contributed by atoms with Crippen LogP contribution >= 0.6 is 0 Å². The van der Waals surface area contributed by atoms with Crippen LogP contribution in [0.15, 0.2) is 18.5 Å². The monoisotopic (exact) mass is 147 g/mol. The molecule has 0 aromatic carbocycles. The van der Waals surface area contributed by atoms with Crippen LogP contribution in [0.4, 0.5) is 0 Å². The molecule has 0 atom stereocenters. The molecule has 0 aliphatic carbocycles. The zero-order valence-corrected chi connectivity index (χ0v) is 6.57. The summed E-state index contributed by atoms with van der Waals surface area (Å²) in [6, 6.07) is 2.06. The lowest BCUT2D eigenvalue weighted by Crippen LogP contribution is -1.93. The van der Waals surface area contributed by atoms with Gasteiger partial charge >= 0.3 is 0 Å². The van der Waals surface area contributed by atoms with Crippen molar-refractivity contribution >= 4 is 5.52 Å². The lowest BCUT2D eigenvalue weighted by atomic mass is 10.3. The Kier molecular flexibility index (Phi) is 1.18. The minimum absolute atomic E-state index is 0.931. The average Bonchev–Trinajstić information content (AvgIpc) is 2.32. The SMILES string of the molecule is Cc1cnn2c(C)ncc2c1. The van der Waals surface area contributed by atoms with E-state index in [9.17, 15) is 0 Å². The number of rotatable bonds is 0. The largest absolute Gasteiger partial charge is 0.239 e. The van der Waals surface area contributed by atoms with Gasteiger partial charge in [0, 0.05) is 0 Å². The maximum atomic E-state index is 4.19. The number of nitrogens with zero attached hydrogens (tertiary/aromatic N) is 3. The molecule has 3 heteroatoms. The third kappa shape index (κ3) is 0.888. The summed E-state index contributed by atoms with van der Waals surface area (Å²) < 4.78 is 1.83. The van der Waals surface area contributed by atoms with Crippen LogP contribution < -0.4 is 0 Å². The second-order valence-corrected chi connectivity index (χ2v) is 2.68. The van der Waals surface area contributed by atoms with Crippen LogP contribution in [-0.4, -0.2) is 14.6 Å². The third-order valence-corrected chi connectivity index (χ3v) is 1.69. The van der Waals surface area contributed by atoms with Crippen molar-refractivity contribution in [2.75, 3.05) is 0 Å². The first-order valence-electron chi connectivity index (χ1n) is 3.54. The highest BCUT2D eigenvalue weighted by Crippen LogP contribution is 2.04. The number of aromatic nitrogens is 3. The highest BCUT2D eigenvalue weighted by molar-refractivity contribution is 5.45. The molecule has 0 aliphatic heterocycles. The molecule has 0 aliphatic rings. The van der Waals surface area contributed by atoms with Gasteiger partial charge in [-0.25, -0.2) is 9.50 Å². The molecule has 0 amide bonds. The molecule has 2 aromatic rings. The van der Waals surface area contributed by atoms with E-state index in [0.717, 1.165) is 16.9 Å². The van der Waals surface area contributed by atoms with Gasteiger partial charge in [0.25, 0.3) is 0 Å². The van der Waals surface area contributed by atoms with Crippen molar-refractivity contribution in [2.45, 2.75) is 13.8 Å². The molecule has 0 spiro atoms. The van der Waals surface area contributed by atoms with Crippen LogP contribution in [0.25, 0.3) is 5.52 Å².